The predicted octanol–water partition coefficient (Wildman–Crippen LogP) is 2.92. The lowest BCUT2D eigenvalue weighted by Gasteiger charge is -2.17. The van der Waals surface area contributed by atoms with Crippen molar-refractivity contribution in [1.82, 2.24) is 4.98 Å². The van der Waals surface area contributed by atoms with Gasteiger partial charge in [0.1, 0.15) is 6.07 Å². The third-order valence-corrected chi connectivity index (χ3v) is 2.96. The Hall–Kier alpha value is -1.60. The van der Waals surface area contributed by atoms with Crippen LogP contribution < -0.4 is 5.32 Å². The molecule has 0 saturated carbocycles. The van der Waals surface area contributed by atoms with E-state index in [-0.39, 0.29) is 0 Å². The van der Waals surface area contributed by atoms with E-state index in [4.69, 9.17) is 10.00 Å². The van der Waals surface area contributed by atoms with Crippen LogP contribution in [0.25, 0.3) is 0 Å². The summed E-state index contributed by atoms with van der Waals surface area (Å²) < 4.78 is 5.02. The highest BCUT2D eigenvalue weighted by atomic mass is 16.5. The fourth-order valence-electron chi connectivity index (χ4n) is 2.00. The summed E-state index contributed by atoms with van der Waals surface area (Å²) in [6.45, 7) is 5.65. The average molecular weight is 247 g/mol. The standard InChI is InChI=1S/C14H21N3O/c1-4-5-11(2)13-10-16-9-12(8-15)14(13)17-6-7-18-3/h9-11H,4-7H2,1-3H3,(H,16,17). The molecule has 4 heteroatoms. The first kappa shape index (κ1) is 14.5. The number of nitriles is 1. The molecule has 1 unspecified atom stereocenters. The minimum Gasteiger partial charge on any atom is -0.383 e. The molecule has 0 aliphatic heterocycles. The van der Waals surface area contributed by atoms with Crippen molar-refractivity contribution in [3.63, 3.8) is 0 Å². The summed E-state index contributed by atoms with van der Waals surface area (Å²) >= 11 is 0. The molecular formula is C14H21N3O. The molecule has 0 aliphatic carbocycles. The van der Waals surface area contributed by atoms with Gasteiger partial charge in [-0.25, -0.2) is 0 Å². The fourth-order valence-corrected chi connectivity index (χ4v) is 2.00. The molecule has 4 nitrogen and oxygen atoms in total. The molecule has 18 heavy (non-hydrogen) atoms. The summed E-state index contributed by atoms with van der Waals surface area (Å²) in [6.07, 6.45) is 5.68. The Morgan fingerprint density at radius 2 is 2.28 bits per heavy atom. The Balaban J connectivity index is 2.97. The molecule has 1 N–H and O–H groups in total. The zero-order valence-corrected chi connectivity index (χ0v) is 11.4. The van der Waals surface area contributed by atoms with Crippen LogP contribution in [0.4, 0.5) is 5.69 Å². The average Bonchev–Trinajstić information content (AvgIpc) is 2.39. The molecule has 0 bridgehead atoms. The second-order valence-electron chi connectivity index (χ2n) is 4.37. The van der Waals surface area contributed by atoms with Crippen molar-refractivity contribution in [1.29, 1.82) is 5.26 Å². The maximum Gasteiger partial charge on any atom is 0.103 e. The molecule has 1 aromatic rings. The SMILES string of the molecule is CCCC(C)c1cncc(C#N)c1NCCOC. The number of pyridine rings is 1. The number of nitrogens with one attached hydrogen (secondary N) is 1. The molecule has 1 atom stereocenters. The van der Waals surface area contributed by atoms with E-state index in [9.17, 15) is 0 Å². The summed E-state index contributed by atoms with van der Waals surface area (Å²) in [6, 6.07) is 2.19. The number of nitrogens with zero attached hydrogens (tertiary/aromatic N) is 2. The van der Waals surface area contributed by atoms with Gasteiger partial charge < -0.3 is 10.1 Å². The Morgan fingerprint density at radius 3 is 2.89 bits per heavy atom. The van der Waals surface area contributed by atoms with E-state index < -0.39 is 0 Å². The highest BCUT2D eigenvalue weighted by molar-refractivity contribution is 5.62. The van der Waals surface area contributed by atoms with Gasteiger partial charge in [-0.1, -0.05) is 20.3 Å². The van der Waals surface area contributed by atoms with E-state index in [1.165, 1.54) is 0 Å². The lowest BCUT2D eigenvalue weighted by molar-refractivity contribution is 0.210. The lowest BCUT2D eigenvalue weighted by atomic mass is 9.95. The number of methoxy groups -OCH3 is 1. The van der Waals surface area contributed by atoms with Gasteiger partial charge in [0.25, 0.3) is 0 Å². The van der Waals surface area contributed by atoms with Crippen molar-refractivity contribution < 1.29 is 4.74 Å². The van der Waals surface area contributed by atoms with Gasteiger partial charge in [-0.2, -0.15) is 5.26 Å². The van der Waals surface area contributed by atoms with Crippen LogP contribution in [0.1, 0.15) is 43.7 Å². The molecule has 0 amide bonds. The topological polar surface area (TPSA) is 57.9 Å². The second-order valence-corrected chi connectivity index (χ2v) is 4.37. The van der Waals surface area contributed by atoms with Crippen LogP contribution in [-0.4, -0.2) is 25.2 Å². The van der Waals surface area contributed by atoms with Gasteiger partial charge in [0.15, 0.2) is 0 Å². The van der Waals surface area contributed by atoms with Crippen LogP contribution in [0.3, 0.4) is 0 Å². The molecule has 1 heterocycles. The molecular weight excluding hydrogens is 226 g/mol. The monoisotopic (exact) mass is 247 g/mol. The van der Waals surface area contributed by atoms with Gasteiger partial charge in [-0.05, 0) is 17.9 Å². The zero-order valence-electron chi connectivity index (χ0n) is 11.4. The Bertz CT molecular complexity index is 412. The van der Waals surface area contributed by atoms with Crippen molar-refractivity contribution in [3.05, 3.63) is 23.5 Å². The first-order valence-corrected chi connectivity index (χ1v) is 6.35. The van der Waals surface area contributed by atoms with Crippen molar-refractivity contribution >= 4 is 5.69 Å². The van der Waals surface area contributed by atoms with Crippen LogP contribution in [0.2, 0.25) is 0 Å². The Labute approximate surface area is 109 Å². The van der Waals surface area contributed by atoms with E-state index in [0.29, 0.717) is 24.6 Å². The highest BCUT2D eigenvalue weighted by Crippen LogP contribution is 2.29. The lowest BCUT2D eigenvalue weighted by Crippen LogP contribution is -2.12. The quantitative estimate of drug-likeness (QED) is 0.753. The molecule has 0 aromatic carbocycles. The van der Waals surface area contributed by atoms with Crippen molar-refractivity contribution in [2.24, 2.45) is 0 Å². The Kier molecular flexibility index (Phi) is 6.16. The molecule has 0 radical (unpaired) electrons. The van der Waals surface area contributed by atoms with Gasteiger partial charge in [-0.15, -0.1) is 0 Å². The first-order chi connectivity index (χ1) is 8.74. The molecule has 0 aliphatic rings. The van der Waals surface area contributed by atoms with E-state index in [1.54, 1.807) is 13.3 Å². The molecule has 0 saturated heterocycles. The molecule has 1 aromatic heterocycles. The summed E-state index contributed by atoms with van der Waals surface area (Å²) in [5, 5.41) is 12.4. The molecule has 98 valence electrons. The maximum atomic E-state index is 9.15. The number of aromatic nitrogens is 1. The van der Waals surface area contributed by atoms with Gasteiger partial charge in [0.05, 0.1) is 17.9 Å². The van der Waals surface area contributed by atoms with Crippen LogP contribution in [0, 0.1) is 11.3 Å². The third-order valence-electron chi connectivity index (χ3n) is 2.96. The zero-order chi connectivity index (χ0) is 13.4. The van der Waals surface area contributed by atoms with Gasteiger partial charge in [0.2, 0.25) is 0 Å². The Morgan fingerprint density at radius 1 is 1.50 bits per heavy atom. The summed E-state index contributed by atoms with van der Waals surface area (Å²) in [5.41, 5.74) is 2.63. The van der Waals surface area contributed by atoms with Gasteiger partial charge >= 0.3 is 0 Å². The molecule has 0 fully saturated rings. The number of anilines is 1. The normalized spacial score (nSPS) is 11.9. The maximum absolute atomic E-state index is 9.15. The van der Waals surface area contributed by atoms with Crippen molar-refractivity contribution in [2.45, 2.75) is 32.6 Å². The van der Waals surface area contributed by atoms with E-state index >= 15 is 0 Å². The number of rotatable bonds is 7. The third kappa shape index (κ3) is 3.71. The van der Waals surface area contributed by atoms with Crippen molar-refractivity contribution in [3.8, 4) is 6.07 Å². The van der Waals surface area contributed by atoms with Crippen molar-refractivity contribution in [2.75, 3.05) is 25.6 Å². The fraction of sp³-hybridized carbons (Fsp3) is 0.571. The van der Waals surface area contributed by atoms with Gasteiger partial charge in [0, 0.05) is 26.0 Å². The minimum atomic E-state index is 0.404. The van der Waals surface area contributed by atoms with Crippen LogP contribution >= 0.6 is 0 Å². The van der Waals surface area contributed by atoms with Crippen LogP contribution in [0.15, 0.2) is 12.4 Å². The first-order valence-electron chi connectivity index (χ1n) is 6.35. The summed E-state index contributed by atoms with van der Waals surface area (Å²) in [5.74, 6) is 0.404. The van der Waals surface area contributed by atoms with E-state index in [1.807, 2.05) is 6.20 Å². The number of hydrogen-bond donors (Lipinski definition) is 1. The summed E-state index contributed by atoms with van der Waals surface area (Å²) in [7, 11) is 1.67. The van der Waals surface area contributed by atoms with Gasteiger partial charge in [-0.3, -0.25) is 4.98 Å². The highest BCUT2D eigenvalue weighted by Gasteiger charge is 2.14. The summed E-state index contributed by atoms with van der Waals surface area (Å²) in [4.78, 5) is 4.15. The van der Waals surface area contributed by atoms with E-state index in [2.05, 4.69) is 30.2 Å². The number of ether oxygens (including phenoxy) is 1. The van der Waals surface area contributed by atoms with Crippen LogP contribution in [0.5, 0.6) is 0 Å². The smallest absolute Gasteiger partial charge is 0.103 e. The second kappa shape index (κ2) is 7.67. The molecule has 0 spiro atoms. The minimum absolute atomic E-state index is 0.404. The van der Waals surface area contributed by atoms with E-state index in [0.717, 1.165) is 24.1 Å². The molecule has 1 rings (SSSR count). The predicted molar refractivity (Wildman–Crippen MR) is 72.6 cm³/mol. The largest absolute Gasteiger partial charge is 0.383 e. The number of hydrogen-bond acceptors (Lipinski definition) is 4. The van der Waals surface area contributed by atoms with Crippen LogP contribution in [-0.2, 0) is 4.74 Å².